The Bertz CT molecular complexity index is 4390. The molecule has 5 heterocycles. The monoisotopic (exact) mass is 1060 g/mol. The van der Waals surface area contributed by atoms with Crippen molar-refractivity contribution in [3.8, 4) is 11.1 Å². The lowest BCUT2D eigenvalue weighted by Crippen LogP contribution is -2.61. The highest BCUT2D eigenvalue weighted by molar-refractivity contribution is 7.26. The fraction of sp³-hybridized carbons (Fsp3) is 0.270. The van der Waals surface area contributed by atoms with Crippen LogP contribution in [0.4, 0.5) is 45.5 Å². The second kappa shape index (κ2) is 17.0. The van der Waals surface area contributed by atoms with Gasteiger partial charge in [-0.1, -0.05) is 203 Å². The van der Waals surface area contributed by atoms with E-state index in [1.54, 1.807) is 0 Å². The SMILES string of the molecule is CC(C)(C)c1ccc2c(c1)B1c3ccc4c(sc5ccccc54)c3N(c3ccc(C(C)(C)C)cc3-c3ccccc3)c3cc(N4c5ccc(C(C)(C)C)cc5C5(C)CCCCC45C)cc(c31)N2c1cccc2c1oc1ccccc12. The predicted molar refractivity (Wildman–Crippen MR) is 345 cm³/mol. The van der Waals surface area contributed by atoms with Gasteiger partial charge in [0.15, 0.2) is 5.58 Å². The summed E-state index contributed by atoms with van der Waals surface area (Å²) in [4.78, 5) is 8.17. The maximum absolute atomic E-state index is 7.12. The molecule has 2 aromatic heterocycles. The summed E-state index contributed by atoms with van der Waals surface area (Å²) in [5.41, 5.74) is 22.9. The lowest BCUT2D eigenvalue weighted by atomic mass is 9.33. The Kier molecular flexibility index (Phi) is 10.5. The number of benzene rings is 9. The first-order chi connectivity index (χ1) is 38.3. The van der Waals surface area contributed by atoms with Gasteiger partial charge in [-0.2, -0.15) is 0 Å². The zero-order chi connectivity index (χ0) is 55.0. The molecule has 396 valence electrons. The van der Waals surface area contributed by atoms with Gasteiger partial charge in [0.1, 0.15) is 5.58 Å². The number of nitrogens with zero attached hydrogens (tertiary/aromatic N) is 3. The molecule has 0 bridgehead atoms. The van der Waals surface area contributed by atoms with Gasteiger partial charge in [-0.25, -0.2) is 0 Å². The van der Waals surface area contributed by atoms with E-state index in [0.29, 0.717) is 0 Å². The van der Waals surface area contributed by atoms with Crippen LogP contribution in [0.1, 0.15) is 124 Å². The van der Waals surface area contributed by atoms with E-state index in [1.165, 1.54) is 123 Å². The van der Waals surface area contributed by atoms with Crippen LogP contribution in [0.25, 0.3) is 53.2 Å². The first-order valence-corrected chi connectivity index (χ1v) is 30.1. The maximum Gasteiger partial charge on any atom is 0.252 e. The number of hydrogen-bond acceptors (Lipinski definition) is 5. The molecule has 0 N–H and O–H groups in total. The molecule has 1 aliphatic carbocycles. The van der Waals surface area contributed by atoms with Crippen LogP contribution in [0.15, 0.2) is 180 Å². The third kappa shape index (κ3) is 7.00. The molecule has 9 aromatic carbocycles. The molecule has 4 nitrogen and oxygen atoms in total. The van der Waals surface area contributed by atoms with E-state index < -0.39 is 0 Å². The summed E-state index contributed by atoms with van der Waals surface area (Å²) in [6.07, 6.45) is 4.66. The summed E-state index contributed by atoms with van der Waals surface area (Å²) in [5, 5.41) is 4.86. The number of furan rings is 1. The van der Waals surface area contributed by atoms with Crippen LogP contribution in [0.2, 0.25) is 0 Å². The molecule has 15 rings (SSSR count). The van der Waals surface area contributed by atoms with Gasteiger partial charge >= 0.3 is 0 Å². The van der Waals surface area contributed by atoms with E-state index in [9.17, 15) is 0 Å². The minimum absolute atomic E-state index is 0.0120. The average Bonchev–Trinajstić information content (AvgIpc) is 3.97. The van der Waals surface area contributed by atoms with Gasteiger partial charge in [-0.05, 0) is 135 Å². The van der Waals surface area contributed by atoms with Crippen LogP contribution in [-0.2, 0) is 21.7 Å². The Labute approximate surface area is 476 Å². The van der Waals surface area contributed by atoms with Gasteiger partial charge in [0.2, 0.25) is 0 Å². The fourth-order valence-electron chi connectivity index (χ4n) is 14.9. The lowest BCUT2D eigenvalue weighted by molar-refractivity contribution is 0.195. The molecule has 0 spiro atoms. The molecule has 80 heavy (non-hydrogen) atoms. The van der Waals surface area contributed by atoms with Gasteiger partial charge < -0.3 is 19.1 Å². The Morgan fingerprint density at radius 2 is 1.11 bits per heavy atom. The molecular formula is C74H70BN3OS. The van der Waals surface area contributed by atoms with E-state index in [-0.39, 0.29) is 33.9 Å². The lowest BCUT2D eigenvalue weighted by Gasteiger charge is -2.51. The molecule has 4 aliphatic rings. The summed E-state index contributed by atoms with van der Waals surface area (Å²) >= 11 is 1.94. The third-order valence-corrected chi connectivity index (χ3v) is 20.7. The van der Waals surface area contributed by atoms with Crippen molar-refractivity contribution >= 4 is 122 Å². The third-order valence-electron chi connectivity index (χ3n) is 19.5. The molecule has 0 saturated heterocycles. The molecule has 6 heteroatoms. The minimum Gasteiger partial charge on any atom is -0.454 e. The van der Waals surface area contributed by atoms with Crippen molar-refractivity contribution in [2.24, 2.45) is 0 Å². The standard InChI is InChI=1S/C74H70BN3OS/c1-70(2,3)46-30-35-58(54(40-46)45-22-13-12-14-23-45)77-63-44-49(78-59-36-31-47(71(4,5)6)41-55(59)73(10)38-19-20-39-74(73,78)11)43-62-66(63)75(56-34-33-53-51-25-16-18-29-65(51)80-69(53)67(56)77)57-42-48(72(7,8)9)32-37-60(57)76(62)61-27-21-26-52-50-24-15-17-28-64(50)79-68(52)61/h12-18,21-37,40-44H,19-20,38-39H2,1-11H3. The molecule has 2 unspecified atom stereocenters. The smallest absolute Gasteiger partial charge is 0.252 e. The Morgan fingerprint density at radius 3 is 1.86 bits per heavy atom. The highest BCUT2D eigenvalue weighted by Gasteiger charge is 2.58. The topological polar surface area (TPSA) is 22.9 Å². The van der Waals surface area contributed by atoms with Crippen LogP contribution < -0.4 is 31.1 Å². The van der Waals surface area contributed by atoms with Crippen molar-refractivity contribution in [2.45, 2.75) is 129 Å². The molecule has 11 aromatic rings. The van der Waals surface area contributed by atoms with E-state index in [1.807, 2.05) is 11.3 Å². The second-order valence-corrected chi connectivity index (χ2v) is 28.3. The van der Waals surface area contributed by atoms with Gasteiger partial charge in [0, 0.05) is 65.7 Å². The van der Waals surface area contributed by atoms with Gasteiger partial charge in [0.25, 0.3) is 6.71 Å². The minimum atomic E-state index is -0.206. The molecule has 1 saturated carbocycles. The number of thiophene rings is 1. The number of fused-ring (bicyclic) bond motifs is 14. The highest BCUT2D eigenvalue weighted by atomic mass is 32.1. The average molecular weight is 1060 g/mol. The van der Waals surface area contributed by atoms with Crippen molar-refractivity contribution in [1.29, 1.82) is 0 Å². The van der Waals surface area contributed by atoms with Gasteiger partial charge in [0.05, 0.1) is 27.3 Å². The molecule has 2 atom stereocenters. The zero-order valence-corrected chi connectivity index (χ0v) is 49.1. The molecule has 0 radical (unpaired) electrons. The summed E-state index contributed by atoms with van der Waals surface area (Å²) < 4.78 is 9.74. The molecule has 0 amide bonds. The maximum atomic E-state index is 7.12. The van der Waals surface area contributed by atoms with Crippen LogP contribution in [0, 0.1) is 0 Å². The summed E-state index contributed by atoms with van der Waals surface area (Å²) in [7, 11) is 0. The van der Waals surface area contributed by atoms with Crippen LogP contribution >= 0.6 is 11.3 Å². The Balaban J connectivity index is 1.13. The number of para-hydroxylation sites is 2. The van der Waals surface area contributed by atoms with Gasteiger partial charge in [-0.15, -0.1) is 11.3 Å². The largest absolute Gasteiger partial charge is 0.454 e. The zero-order valence-electron chi connectivity index (χ0n) is 48.3. The van der Waals surface area contributed by atoms with Gasteiger partial charge in [-0.3, -0.25) is 0 Å². The Hall–Kier alpha value is -7.54. The number of rotatable bonds is 4. The van der Waals surface area contributed by atoms with E-state index in [2.05, 4.69) is 267 Å². The highest BCUT2D eigenvalue weighted by Crippen LogP contribution is 2.63. The van der Waals surface area contributed by atoms with Crippen molar-refractivity contribution in [1.82, 2.24) is 0 Å². The Morgan fingerprint density at radius 1 is 0.487 bits per heavy atom. The first kappa shape index (κ1) is 49.5. The summed E-state index contributed by atoms with van der Waals surface area (Å²) in [6.45, 7) is 26.3. The van der Waals surface area contributed by atoms with E-state index in [0.717, 1.165) is 40.5 Å². The van der Waals surface area contributed by atoms with Crippen molar-refractivity contribution in [2.75, 3.05) is 14.7 Å². The van der Waals surface area contributed by atoms with Crippen molar-refractivity contribution in [3.63, 3.8) is 0 Å². The van der Waals surface area contributed by atoms with Crippen LogP contribution in [0.3, 0.4) is 0 Å². The normalized spacial score (nSPS) is 18.7. The first-order valence-electron chi connectivity index (χ1n) is 29.2. The van der Waals surface area contributed by atoms with Crippen LogP contribution in [0.5, 0.6) is 0 Å². The van der Waals surface area contributed by atoms with Crippen molar-refractivity contribution in [3.05, 3.63) is 198 Å². The number of anilines is 8. The fourth-order valence-corrected chi connectivity index (χ4v) is 16.2. The van der Waals surface area contributed by atoms with E-state index in [4.69, 9.17) is 4.42 Å². The van der Waals surface area contributed by atoms with E-state index >= 15 is 0 Å². The molecular weight excluding hydrogens is 990 g/mol. The molecule has 1 fully saturated rings. The molecule has 3 aliphatic heterocycles. The summed E-state index contributed by atoms with van der Waals surface area (Å²) in [5.74, 6) is 0. The summed E-state index contributed by atoms with van der Waals surface area (Å²) in [6, 6.07) is 68.0. The quantitative estimate of drug-likeness (QED) is 0.164. The van der Waals surface area contributed by atoms with Crippen molar-refractivity contribution < 1.29 is 4.42 Å². The second-order valence-electron chi connectivity index (χ2n) is 27.2. The number of hydrogen-bond donors (Lipinski definition) is 0. The predicted octanol–water partition coefficient (Wildman–Crippen LogP) is 19.3. The van der Waals surface area contributed by atoms with Crippen LogP contribution in [-0.4, -0.2) is 12.3 Å².